The van der Waals surface area contributed by atoms with Gasteiger partial charge in [-0.3, -0.25) is 0 Å². The van der Waals surface area contributed by atoms with Crippen LogP contribution < -0.4 is 5.22 Å². The zero-order chi connectivity index (χ0) is 24.0. The van der Waals surface area contributed by atoms with E-state index in [1.165, 1.54) is 0 Å². The molecule has 0 amide bonds. The molecule has 1 atom stereocenters. The first-order chi connectivity index (χ1) is 16.0. The normalized spacial score (nSPS) is 12.8. The Morgan fingerprint density at radius 2 is 0.818 bits per heavy atom. The van der Waals surface area contributed by atoms with Crippen molar-refractivity contribution in [3.05, 3.63) is 49.7 Å². The van der Waals surface area contributed by atoms with E-state index >= 15 is 0 Å². The molecule has 9 heteroatoms. The summed E-state index contributed by atoms with van der Waals surface area (Å²) in [5.41, 5.74) is -2.50. The van der Waals surface area contributed by atoms with Crippen LogP contribution in [-0.4, -0.2) is 0 Å². The van der Waals surface area contributed by atoms with Crippen molar-refractivity contribution in [3.8, 4) is 54.6 Å². The lowest BCUT2D eigenvalue weighted by molar-refractivity contribution is 1.14. The van der Waals surface area contributed by atoms with Gasteiger partial charge >= 0.3 is 0 Å². The average Bonchev–Trinajstić information content (AvgIpc) is 3.19. The van der Waals surface area contributed by atoms with Crippen LogP contribution in [0.3, 0.4) is 0 Å². The van der Waals surface area contributed by atoms with Gasteiger partial charge in [-0.15, -0.1) is 0 Å². The molecule has 0 saturated heterocycles. The van der Waals surface area contributed by atoms with Crippen molar-refractivity contribution in [3.63, 3.8) is 0 Å². The second-order valence-electron chi connectivity index (χ2n) is 6.78. The monoisotopic (exact) mass is 415 g/mol. The van der Waals surface area contributed by atoms with Crippen LogP contribution in [0.15, 0.2) is 0 Å². The predicted octanol–water partition coefficient (Wildman–Crippen LogP) is 2.11. The smallest absolute Gasteiger partial charge is 0.109 e. The highest BCUT2D eigenvalue weighted by molar-refractivity contribution is 6.23. The highest BCUT2D eigenvalue weighted by Crippen LogP contribution is 2.46. The fraction of sp³-hybridized carbons (Fsp3) is 0.0417. The Hall–Kier alpha value is -6.41. The first-order valence-electron chi connectivity index (χ1n) is 8.88. The molecule has 0 saturated carbocycles. The molecule has 1 aliphatic carbocycles. The maximum absolute atomic E-state index is 9.92. The first kappa shape index (κ1) is 19.9. The van der Waals surface area contributed by atoms with Crippen molar-refractivity contribution in [2.45, 2.75) is 5.92 Å². The minimum atomic E-state index is -1.31. The van der Waals surface area contributed by atoms with Gasteiger partial charge in [-0.2, -0.15) is 47.4 Å². The van der Waals surface area contributed by atoms with E-state index in [-0.39, 0.29) is 71.3 Å². The Balaban J connectivity index is 2.74. The molecule has 0 radical (unpaired) electrons. The molecule has 4 rings (SSSR count). The van der Waals surface area contributed by atoms with Gasteiger partial charge in [0, 0.05) is 26.9 Å². The zero-order valence-corrected chi connectivity index (χ0v) is 16.1. The van der Waals surface area contributed by atoms with E-state index < -0.39 is 11.5 Å². The summed E-state index contributed by atoms with van der Waals surface area (Å²) in [7, 11) is 0. The molecule has 33 heavy (non-hydrogen) atoms. The summed E-state index contributed by atoms with van der Waals surface area (Å²) >= 11 is 0. The van der Waals surface area contributed by atoms with Gasteiger partial charge in [0.15, 0.2) is 0 Å². The SMILES string of the molecule is N#CC1=c2c(C#N)c(C#N)c3c(C#N)c(C#N)c(C#N)c4c(C#N)c(C#N)c(c2c43)[C@H]1C#N. The Kier molecular flexibility index (Phi) is 4.12. The molecule has 0 aromatic heterocycles. The molecule has 0 unspecified atom stereocenters. The Morgan fingerprint density at radius 1 is 0.394 bits per heavy atom. The molecule has 0 heterocycles. The lowest BCUT2D eigenvalue weighted by Crippen LogP contribution is -2.14. The lowest BCUT2D eigenvalue weighted by atomic mass is 9.80. The molecule has 3 aromatic rings. The van der Waals surface area contributed by atoms with Crippen molar-refractivity contribution >= 4 is 27.1 Å². The number of benzene rings is 3. The van der Waals surface area contributed by atoms with Crippen molar-refractivity contribution in [2.24, 2.45) is 0 Å². The molecule has 0 N–H and O–H groups in total. The third-order valence-corrected chi connectivity index (χ3v) is 5.67. The summed E-state index contributed by atoms with van der Waals surface area (Å²) in [5.74, 6) is -1.31. The van der Waals surface area contributed by atoms with Gasteiger partial charge in [-0.05, 0) is 5.39 Å². The molecule has 0 bridgehead atoms. The molecule has 0 aliphatic heterocycles. The van der Waals surface area contributed by atoms with Gasteiger partial charge in [-0.1, -0.05) is 0 Å². The van der Waals surface area contributed by atoms with Crippen LogP contribution in [-0.2, 0) is 0 Å². The van der Waals surface area contributed by atoms with Crippen molar-refractivity contribution in [1.82, 2.24) is 0 Å². The summed E-state index contributed by atoms with van der Waals surface area (Å²) in [5, 5.41) is 88.4. The van der Waals surface area contributed by atoms with Crippen LogP contribution >= 0.6 is 0 Å². The number of rotatable bonds is 0. The molecule has 1 aliphatic rings. The van der Waals surface area contributed by atoms with Crippen LogP contribution in [0.25, 0.3) is 27.1 Å². The van der Waals surface area contributed by atoms with E-state index in [0.29, 0.717) is 0 Å². The Bertz CT molecular complexity index is 1930. The lowest BCUT2D eigenvalue weighted by Gasteiger charge is -2.17. The van der Waals surface area contributed by atoms with Crippen LogP contribution in [0.5, 0.6) is 0 Å². The van der Waals surface area contributed by atoms with E-state index in [2.05, 4.69) is 0 Å². The second-order valence-corrected chi connectivity index (χ2v) is 6.78. The van der Waals surface area contributed by atoms with Gasteiger partial charge < -0.3 is 0 Å². The van der Waals surface area contributed by atoms with E-state index in [0.717, 1.165) is 0 Å². The van der Waals surface area contributed by atoms with Gasteiger partial charge in [0.25, 0.3) is 0 Å². The summed E-state index contributed by atoms with van der Waals surface area (Å²) < 4.78 is 0. The largest absolute Gasteiger partial charge is 0.197 e. The molecular weight excluding hydrogens is 414 g/mol. The number of nitrogens with zero attached hydrogens (tertiary/aromatic N) is 9. The third kappa shape index (κ3) is 2.04. The Morgan fingerprint density at radius 3 is 1.21 bits per heavy atom. The predicted molar refractivity (Wildman–Crippen MR) is 107 cm³/mol. The van der Waals surface area contributed by atoms with Crippen LogP contribution in [0.2, 0.25) is 0 Å². The molecular formula is C24HN9. The van der Waals surface area contributed by atoms with E-state index in [4.69, 9.17) is 0 Å². The van der Waals surface area contributed by atoms with Crippen LogP contribution in [0.1, 0.15) is 50.4 Å². The van der Waals surface area contributed by atoms with E-state index in [1.807, 2.05) is 48.6 Å². The highest BCUT2D eigenvalue weighted by Gasteiger charge is 2.38. The van der Waals surface area contributed by atoms with Crippen molar-refractivity contribution in [1.29, 1.82) is 47.4 Å². The van der Waals surface area contributed by atoms with Gasteiger partial charge in [0.1, 0.15) is 48.4 Å². The standard InChI is InChI=1S/C24HN9/c25-1-10-11(2-26)19-13(4-28)15(6-30)21-17(8-32)18(9-33)22-16(7-31)14(5-29)20(12(10)3-27)23(19)24(21)22/h17H/t17-/m0/s1. The summed E-state index contributed by atoms with van der Waals surface area (Å²) in [6.45, 7) is 0. The zero-order valence-electron chi connectivity index (χ0n) is 16.1. The summed E-state index contributed by atoms with van der Waals surface area (Å²) in [6, 6.07) is 16.6. The average molecular weight is 415 g/mol. The third-order valence-electron chi connectivity index (χ3n) is 5.67. The topological polar surface area (TPSA) is 214 Å². The summed E-state index contributed by atoms with van der Waals surface area (Å²) in [6.07, 6.45) is 0. The molecule has 142 valence electrons. The van der Waals surface area contributed by atoms with Gasteiger partial charge in [0.05, 0.1) is 56.7 Å². The molecule has 0 fully saturated rings. The maximum Gasteiger partial charge on any atom is 0.109 e. The molecule has 3 aromatic carbocycles. The van der Waals surface area contributed by atoms with Crippen molar-refractivity contribution in [2.75, 3.05) is 0 Å². The minimum absolute atomic E-state index is 0.000855. The van der Waals surface area contributed by atoms with E-state index in [1.54, 1.807) is 6.07 Å². The second kappa shape index (κ2) is 6.83. The van der Waals surface area contributed by atoms with E-state index in [9.17, 15) is 47.4 Å². The molecule has 0 spiro atoms. The van der Waals surface area contributed by atoms with Crippen molar-refractivity contribution < 1.29 is 0 Å². The number of hydrogen-bond donors (Lipinski definition) is 0. The fourth-order valence-electron chi connectivity index (χ4n) is 4.54. The van der Waals surface area contributed by atoms with Crippen LogP contribution in [0, 0.1) is 102 Å². The van der Waals surface area contributed by atoms with Gasteiger partial charge in [-0.25, -0.2) is 0 Å². The number of hydrogen-bond acceptors (Lipinski definition) is 9. The first-order valence-corrected chi connectivity index (χ1v) is 8.88. The van der Waals surface area contributed by atoms with Gasteiger partial charge in [0.2, 0.25) is 0 Å². The van der Waals surface area contributed by atoms with Crippen LogP contribution in [0.4, 0.5) is 0 Å². The minimum Gasteiger partial charge on any atom is -0.197 e. The number of nitriles is 9. The quantitative estimate of drug-likeness (QED) is 0.524. The molecule has 9 nitrogen and oxygen atoms in total. The maximum atomic E-state index is 9.92. The summed E-state index contributed by atoms with van der Waals surface area (Å²) in [4.78, 5) is 0. The highest BCUT2D eigenvalue weighted by atomic mass is 14.4. The Labute approximate surface area is 185 Å². The fourth-order valence-corrected chi connectivity index (χ4v) is 4.54.